The fraction of sp³-hybridized carbons (Fsp3) is 0.278. The lowest BCUT2D eigenvalue weighted by atomic mass is 9.97. The fourth-order valence-corrected chi connectivity index (χ4v) is 2.74. The number of fused-ring (bicyclic) bond motifs is 1. The first-order chi connectivity index (χ1) is 11.2. The summed E-state index contributed by atoms with van der Waals surface area (Å²) in [6, 6.07) is 13.1. The van der Waals surface area contributed by atoms with Gasteiger partial charge in [-0.25, -0.2) is 0 Å². The predicted molar refractivity (Wildman–Crippen MR) is 87.5 cm³/mol. The van der Waals surface area contributed by atoms with Gasteiger partial charge in [-0.15, -0.1) is 0 Å². The van der Waals surface area contributed by atoms with E-state index in [9.17, 15) is 4.79 Å². The van der Waals surface area contributed by atoms with Gasteiger partial charge in [0.2, 0.25) is 5.91 Å². The van der Waals surface area contributed by atoms with Crippen LogP contribution in [0.4, 0.5) is 5.69 Å². The maximum absolute atomic E-state index is 12.4. The summed E-state index contributed by atoms with van der Waals surface area (Å²) in [6.07, 6.45) is 0.359. The summed E-state index contributed by atoms with van der Waals surface area (Å²) in [5.41, 5.74) is 1.68. The molecule has 1 heterocycles. The van der Waals surface area contributed by atoms with Crippen molar-refractivity contribution in [3.63, 3.8) is 0 Å². The molecule has 1 atom stereocenters. The zero-order chi connectivity index (χ0) is 16.2. The highest BCUT2D eigenvalue weighted by Gasteiger charge is 2.26. The lowest BCUT2D eigenvalue weighted by Gasteiger charge is -2.13. The molecule has 2 aromatic carbocycles. The molecule has 1 N–H and O–H groups in total. The largest absolute Gasteiger partial charge is 0.497 e. The maximum atomic E-state index is 12.4. The van der Waals surface area contributed by atoms with Gasteiger partial charge in [0.05, 0.1) is 26.5 Å². The van der Waals surface area contributed by atoms with Gasteiger partial charge in [0, 0.05) is 24.0 Å². The average Bonchev–Trinajstić information content (AvgIpc) is 2.98. The topological polar surface area (TPSA) is 56.8 Å². The van der Waals surface area contributed by atoms with E-state index in [1.165, 1.54) is 0 Å². The quantitative estimate of drug-likeness (QED) is 0.921. The molecule has 0 saturated heterocycles. The van der Waals surface area contributed by atoms with E-state index in [-0.39, 0.29) is 11.8 Å². The van der Waals surface area contributed by atoms with Crippen molar-refractivity contribution in [1.29, 1.82) is 0 Å². The third kappa shape index (κ3) is 3.23. The Morgan fingerprint density at radius 3 is 2.83 bits per heavy atom. The SMILES string of the molecule is COc1ccc(OC)c(NC(=O)CC2COc3ccccc32)c1. The first-order valence-corrected chi connectivity index (χ1v) is 7.45. The van der Waals surface area contributed by atoms with Crippen LogP contribution in [0.5, 0.6) is 17.2 Å². The van der Waals surface area contributed by atoms with E-state index in [0.29, 0.717) is 30.2 Å². The third-order valence-electron chi connectivity index (χ3n) is 3.91. The summed E-state index contributed by atoms with van der Waals surface area (Å²) in [5.74, 6) is 2.12. The minimum absolute atomic E-state index is 0.0720. The van der Waals surface area contributed by atoms with Crippen LogP contribution in [0.15, 0.2) is 42.5 Å². The molecule has 120 valence electrons. The molecule has 1 amide bonds. The Balaban J connectivity index is 1.71. The van der Waals surface area contributed by atoms with E-state index in [1.807, 2.05) is 24.3 Å². The minimum Gasteiger partial charge on any atom is -0.497 e. The molecule has 0 aromatic heterocycles. The van der Waals surface area contributed by atoms with Crippen LogP contribution in [0.2, 0.25) is 0 Å². The number of carbonyl (C=O) groups excluding carboxylic acids is 1. The number of hydrogen-bond acceptors (Lipinski definition) is 4. The van der Waals surface area contributed by atoms with Crippen molar-refractivity contribution in [2.75, 3.05) is 26.1 Å². The first kappa shape index (κ1) is 15.2. The number of benzene rings is 2. The van der Waals surface area contributed by atoms with Crippen LogP contribution in [0.3, 0.4) is 0 Å². The van der Waals surface area contributed by atoms with Gasteiger partial charge in [-0.3, -0.25) is 4.79 Å². The lowest BCUT2D eigenvalue weighted by Crippen LogP contribution is -2.17. The van der Waals surface area contributed by atoms with Crippen LogP contribution < -0.4 is 19.5 Å². The summed E-state index contributed by atoms with van der Waals surface area (Å²) in [7, 11) is 3.15. The molecule has 5 heteroatoms. The summed E-state index contributed by atoms with van der Waals surface area (Å²) in [4.78, 5) is 12.4. The molecular weight excluding hydrogens is 294 g/mol. The Hall–Kier alpha value is -2.69. The Morgan fingerprint density at radius 1 is 1.22 bits per heavy atom. The standard InChI is InChI=1S/C18H19NO4/c1-21-13-7-8-17(22-2)15(10-13)19-18(20)9-12-11-23-16-6-4-3-5-14(12)16/h3-8,10,12H,9,11H2,1-2H3,(H,19,20). The zero-order valence-electron chi connectivity index (χ0n) is 13.2. The molecule has 2 aromatic rings. The molecule has 5 nitrogen and oxygen atoms in total. The molecule has 0 radical (unpaired) electrons. The van der Waals surface area contributed by atoms with Crippen LogP contribution in [0, 0.1) is 0 Å². The van der Waals surface area contributed by atoms with Crippen molar-refractivity contribution >= 4 is 11.6 Å². The van der Waals surface area contributed by atoms with Gasteiger partial charge in [-0.2, -0.15) is 0 Å². The first-order valence-electron chi connectivity index (χ1n) is 7.45. The molecule has 1 aliphatic rings. The second kappa shape index (κ2) is 6.60. The van der Waals surface area contributed by atoms with Gasteiger partial charge < -0.3 is 19.5 Å². The van der Waals surface area contributed by atoms with Crippen molar-refractivity contribution in [3.8, 4) is 17.2 Å². The molecule has 1 aliphatic heterocycles. The molecule has 0 saturated carbocycles. The van der Waals surface area contributed by atoms with Crippen LogP contribution in [0.1, 0.15) is 17.9 Å². The van der Waals surface area contributed by atoms with Crippen molar-refractivity contribution in [2.24, 2.45) is 0 Å². The van der Waals surface area contributed by atoms with Crippen LogP contribution in [-0.2, 0) is 4.79 Å². The minimum atomic E-state index is -0.0816. The van der Waals surface area contributed by atoms with E-state index < -0.39 is 0 Å². The summed E-state index contributed by atoms with van der Waals surface area (Å²) in [6.45, 7) is 0.530. The van der Waals surface area contributed by atoms with E-state index in [2.05, 4.69) is 5.32 Å². The number of ether oxygens (including phenoxy) is 3. The van der Waals surface area contributed by atoms with Gasteiger partial charge in [0.25, 0.3) is 0 Å². The number of amides is 1. The lowest BCUT2D eigenvalue weighted by molar-refractivity contribution is -0.116. The Bertz CT molecular complexity index is 714. The molecule has 0 spiro atoms. The average molecular weight is 313 g/mol. The molecule has 0 fully saturated rings. The summed E-state index contributed by atoms with van der Waals surface area (Å²) >= 11 is 0. The van der Waals surface area contributed by atoms with Gasteiger partial charge in [-0.1, -0.05) is 18.2 Å². The van der Waals surface area contributed by atoms with E-state index >= 15 is 0 Å². The molecule has 0 aliphatic carbocycles. The number of rotatable bonds is 5. The Kier molecular flexibility index (Phi) is 4.37. The van der Waals surface area contributed by atoms with Gasteiger partial charge in [0.1, 0.15) is 17.2 Å². The number of anilines is 1. The van der Waals surface area contributed by atoms with Gasteiger partial charge >= 0.3 is 0 Å². The molecule has 1 unspecified atom stereocenters. The van der Waals surface area contributed by atoms with E-state index in [1.54, 1.807) is 32.4 Å². The maximum Gasteiger partial charge on any atom is 0.225 e. The van der Waals surface area contributed by atoms with E-state index in [4.69, 9.17) is 14.2 Å². The number of para-hydroxylation sites is 1. The van der Waals surface area contributed by atoms with Crippen molar-refractivity contribution in [3.05, 3.63) is 48.0 Å². The van der Waals surface area contributed by atoms with Gasteiger partial charge in [-0.05, 0) is 18.2 Å². The van der Waals surface area contributed by atoms with Gasteiger partial charge in [0.15, 0.2) is 0 Å². The molecule has 3 rings (SSSR count). The number of hydrogen-bond donors (Lipinski definition) is 1. The van der Waals surface area contributed by atoms with Crippen LogP contribution >= 0.6 is 0 Å². The highest BCUT2D eigenvalue weighted by molar-refractivity contribution is 5.93. The number of methoxy groups -OCH3 is 2. The van der Waals surface area contributed by atoms with E-state index in [0.717, 1.165) is 11.3 Å². The molecule has 0 bridgehead atoms. The second-order valence-electron chi connectivity index (χ2n) is 5.36. The summed E-state index contributed by atoms with van der Waals surface area (Å²) in [5, 5.41) is 2.89. The molecular formula is C18H19NO4. The smallest absolute Gasteiger partial charge is 0.225 e. The fourth-order valence-electron chi connectivity index (χ4n) is 2.74. The monoisotopic (exact) mass is 313 g/mol. The highest BCUT2D eigenvalue weighted by atomic mass is 16.5. The van der Waals surface area contributed by atoms with Crippen molar-refractivity contribution < 1.29 is 19.0 Å². The second-order valence-corrected chi connectivity index (χ2v) is 5.36. The number of carbonyl (C=O) groups is 1. The Morgan fingerprint density at radius 2 is 2.04 bits per heavy atom. The van der Waals surface area contributed by atoms with Crippen molar-refractivity contribution in [2.45, 2.75) is 12.3 Å². The molecule has 23 heavy (non-hydrogen) atoms. The number of nitrogens with one attached hydrogen (secondary N) is 1. The highest BCUT2D eigenvalue weighted by Crippen LogP contribution is 2.36. The van der Waals surface area contributed by atoms with Crippen LogP contribution in [-0.4, -0.2) is 26.7 Å². The zero-order valence-corrected chi connectivity index (χ0v) is 13.2. The Labute approximate surface area is 135 Å². The third-order valence-corrected chi connectivity index (χ3v) is 3.91. The predicted octanol–water partition coefficient (Wildman–Crippen LogP) is 3.21. The summed E-state index contributed by atoms with van der Waals surface area (Å²) < 4.78 is 16.1. The van der Waals surface area contributed by atoms with Crippen molar-refractivity contribution in [1.82, 2.24) is 0 Å². The normalized spacial score (nSPS) is 15.5. The van der Waals surface area contributed by atoms with Crippen LogP contribution in [0.25, 0.3) is 0 Å².